The normalized spacial score (nSPS) is 37.3. The van der Waals surface area contributed by atoms with Crippen molar-refractivity contribution in [2.24, 2.45) is 23.2 Å². The first-order chi connectivity index (χ1) is 14.2. The van der Waals surface area contributed by atoms with E-state index < -0.39 is 0 Å². The van der Waals surface area contributed by atoms with Gasteiger partial charge >= 0.3 is 0 Å². The van der Waals surface area contributed by atoms with E-state index >= 15 is 0 Å². The lowest BCUT2D eigenvalue weighted by molar-refractivity contribution is -0.158. The molecule has 6 fully saturated rings. The first-order valence-electron chi connectivity index (χ1n) is 12.1. The van der Waals surface area contributed by atoms with Gasteiger partial charge in [-0.25, -0.2) is 0 Å². The Balaban J connectivity index is 1.09. The molecule has 1 amide bonds. The zero-order valence-electron chi connectivity index (χ0n) is 17.5. The predicted octanol–water partition coefficient (Wildman–Crippen LogP) is 4.45. The predicted molar refractivity (Wildman–Crippen MR) is 115 cm³/mol. The van der Waals surface area contributed by atoms with Gasteiger partial charge < -0.3 is 9.80 Å². The van der Waals surface area contributed by atoms with E-state index in [2.05, 4.69) is 20.0 Å². The largest absolute Gasteiger partial charge is 0.343 e. The summed E-state index contributed by atoms with van der Waals surface area (Å²) in [6.07, 6.45) is 14.4. The Bertz CT molecular complexity index is 727. The van der Waals surface area contributed by atoms with Crippen LogP contribution >= 0.6 is 11.3 Å². The quantitative estimate of drug-likeness (QED) is 0.733. The van der Waals surface area contributed by atoms with E-state index in [1.54, 1.807) is 11.3 Å². The summed E-state index contributed by atoms with van der Waals surface area (Å²) >= 11 is 1.80. The fourth-order valence-corrected chi connectivity index (χ4v) is 8.74. The Morgan fingerprint density at radius 2 is 1.48 bits per heavy atom. The summed E-state index contributed by atoms with van der Waals surface area (Å²) in [6.45, 7) is 3.55. The molecule has 0 spiro atoms. The highest BCUT2D eigenvalue weighted by Gasteiger charge is 2.55. The van der Waals surface area contributed by atoms with E-state index in [1.807, 2.05) is 0 Å². The number of amides is 1. The van der Waals surface area contributed by atoms with Crippen LogP contribution in [0, 0.1) is 23.2 Å². The second-order valence-corrected chi connectivity index (χ2v) is 11.7. The van der Waals surface area contributed by atoms with Crippen LogP contribution in [0.2, 0.25) is 0 Å². The number of hydrogen-bond acceptors (Lipinski definition) is 5. The van der Waals surface area contributed by atoms with E-state index in [1.165, 1.54) is 75.6 Å². The van der Waals surface area contributed by atoms with Crippen molar-refractivity contribution in [3.8, 4) is 0 Å². The zero-order chi connectivity index (χ0) is 19.4. The van der Waals surface area contributed by atoms with Gasteiger partial charge in [-0.05, 0) is 69.1 Å². The van der Waals surface area contributed by atoms with E-state index in [0.29, 0.717) is 11.8 Å². The Kier molecular flexibility index (Phi) is 4.62. The maximum atomic E-state index is 13.6. The molecule has 7 rings (SSSR count). The monoisotopic (exact) mass is 414 g/mol. The van der Waals surface area contributed by atoms with Gasteiger partial charge in [0.05, 0.1) is 5.41 Å². The standard InChI is InChI=1S/C23H34N4OS/c28-21(23-13-16-10-17(14-23)12-18(11-16)15-23)26-6-8-27(9-7-26)22-25-24-20(29-22)19-4-2-1-3-5-19/h16-19H,1-15H2. The van der Waals surface area contributed by atoms with Crippen molar-refractivity contribution in [1.82, 2.24) is 15.1 Å². The van der Waals surface area contributed by atoms with Crippen molar-refractivity contribution in [2.75, 3.05) is 31.1 Å². The van der Waals surface area contributed by atoms with Crippen LogP contribution in [-0.2, 0) is 4.79 Å². The van der Waals surface area contributed by atoms with Crippen LogP contribution in [0.25, 0.3) is 0 Å². The lowest BCUT2D eigenvalue weighted by atomic mass is 9.49. The highest BCUT2D eigenvalue weighted by molar-refractivity contribution is 7.15. The number of rotatable bonds is 3. The highest BCUT2D eigenvalue weighted by Crippen LogP contribution is 2.60. The van der Waals surface area contributed by atoms with Gasteiger partial charge in [-0.15, -0.1) is 10.2 Å². The summed E-state index contributed by atoms with van der Waals surface area (Å²) in [6, 6.07) is 0. The van der Waals surface area contributed by atoms with Gasteiger partial charge in [0.1, 0.15) is 5.01 Å². The number of piperazine rings is 1. The van der Waals surface area contributed by atoms with Crippen molar-refractivity contribution >= 4 is 22.4 Å². The number of carbonyl (C=O) groups is 1. The second-order valence-electron chi connectivity index (χ2n) is 10.7. The molecule has 1 aliphatic heterocycles. The average molecular weight is 415 g/mol. The topological polar surface area (TPSA) is 49.3 Å². The zero-order valence-corrected chi connectivity index (χ0v) is 18.3. The van der Waals surface area contributed by atoms with Gasteiger partial charge in [0.2, 0.25) is 11.0 Å². The van der Waals surface area contributed by atoms with Gasteiger partial charge in [0.15, 0.2) is 0 Å². The summed E-state index contributed by atoms with van der Waals surface area (Å²) in [5.41, 5.74) is 0.00775. The average Bonchev–Trinajstić information content (AvgIpc) is 3.23. The van der Waals surface area contributed by atoms with Crippen molar-refractivity contribution in [2.45, 2.75) is 76.5 Å². The lowest BCUT2D eigenvalue weighted by Gasteiger charge is -2.57. The lowest BCUT2D eigenvalue weighted by Crippen LogP contribution is -2.58. The Labute approximate surface area is 178 Å². The van der Waals surface area contributed by atoms with Gasteiger partial charge in [-0.2, -0.15) is 0 Å². The Hall–Kier alpha value is -1.17. The molecule has 0 unspecified atom stereocenters. The van der Waals surface area contributed by atoms with Crippen LogP contribution in [0.1, 0.15) is 81.6 Å². The minimum atomic E-state index is 0.00775. The smallest absolute Gasteiger partial charge is 0.228 e. The number of carbonyl (C=O) groups excluding carboxylic acids is 1. The molecule has 0 aromatic carbocycles. The maximum absolute atomic E-state index is 13.6. The first-order valence-corrected chi connectivity index (χ1v) is 12.9. The maximum Gasteiger partial charge on any atom is 0.228 e. The molecular formula is C23H34N4OS. The van der Waals surface area contributed by atoms with E-state index in [0.717, 1.165) is 49.1 Å². The molecule has 0 radical (unpaired) electrons. The van der Waals surface area contributed by atoms with Crippen LogP contribution in [0.4, 0.5) is 5.13 Å². The molecule has 0 N–H and O–H groups in total. The molecule has 5 aliphatic carbocycles. The summed E-state index contributed by atoms with van der Waals surface area (Å²) in [4.78, 5) is 18.2. The molecule has 5 saturated carbocycles. The fraction of sp³-hybridized carbons (Fsp3) is 0.870. The van der Waals surface area contributed by atoms with Crippen LogP contribution in [0.3, 0.4) is 0 Å². The molecule has 1 aromatic rings. The second kappa shape index (κ2) is 7.21. The summed E-state index contributed by atoms with van der Waals surface area (Å²) < 4.78 is 0. The molecule has 2 heterocycles. The molecule has 1 aromatic heterocycles. The van der Waals surface area contributed by atoms with Crippen molar-refractivity contribution < 1.29 is 4.79 Å². The number of hydrogen-bond donors (Lipinski definition) is 0. The van der Waals surface area contributed by atoms with Crippen LogP contribution in [0.15, 0.2) is 0 Å². The van der Waals surface area contributed by atoms with Gasteiger partial charge in [0.25, 0.3) is 0 Å². The summed E-state index contributed by atoms with van der Waals surface area (Å²) in [5, 5.41) is 11.4. The van der Waals surface area contributed by atoms with Crippen molar-refractivity contribution in [3.63, 3.8) is 0 Å². The molecule has 0 atom stereocenters. The van der Waals surface area contributed by atoms with Gasteiger partial charge in [0, 0.05) is 32.1 Å². The summed E-state index contributed by atoms with van der Waals surface area (Å²) in [7, 11) is 0. The minimum Gasteiger partial charge on any atom is -0.343 e. The summed E-state index contributed by atoms with van der Waals surface area (Å²) in [5.74, 6) is 3.65. The van der Waals surface area contributed by atoms with Crippen molar-refractivity contribution in [3.05, 3.63) is 5.01 Å². The van der Waals surface area contributed by atoms with Gasteiger partial charge in [-0.1, -0.05) is 30.6 Å². The third-order valence-corrected chi connectivity index (χ3v) is 9.86. The van der Waals surface area contributed by atoms with E-state index in [4.69, 9.17) is 0 Å². The molecule has 158 valence electrons. The van der Waals surface area contributed by atoms with Crippen molar-refractivity contribution in [1.29, 1.82) is 0 Å². The molecular weight excluding hydrogens is 380 g/mol. The number of anilines is 1. The van der Waals surface area contributed by atoms with E-state index in [-0.39, 0.29) is 5.41 Å². The molecule has 1 saturated heterocycles. The Morgan fingerprint density at radius 3 is 2.10 bits per heavy atom. The first kappa shape index (κ1) is 18.6. The SMILES string of the molecule is O=C(N1CCN(c2nnc(C3CCCCC3)s2)CC1)C12CC3CC(CC(C3)C1)C2. The van der Waals surface area contributed by atoms with Crippen LogP contribution in [-0.4, -0.2) is 47.2 Å². The minimum absolute atomic E-state index is 0.00775. The molecule has 6 heteroatoms. The fourth-order valence-electron chi connectivity index (χ4n) is 7.68. The Morgan fingerprint density at radius 1 is 0.862 bits per heavy atom. The number of nitrogens with zero attached hydrogens (tertiary/aromatic N) is 4. The highest BCUT2D eigenvalue weighted by atomic mass is 32.1. The third kappa shape index (κ3) is 3.30. The third-order valence-electron chi connectivity index (χ3n) is 8.71. The van der Waals surface area contributed by atoms with Crippen LogP contribution < -0.4 is 4.90 Å². The molecule has 6 aliphatic rings. The molecule has 5 nitrogen and oxygen atoms in total. The number of aromatic nitrogens is 2. The van der Waals surface area contributed by atoms with E-state index in [9.17, 15) is 4.79 Å². The molecule has 29 heavy (non-hydrogen) atoms. The van der Waals surface area contributed by atoms with Gasteiger partial charge in [-0.3, -0.25) is 4.79 Å². The van der Waals surface area contributed by atoms with Crippen LogP contribution in [0.5, 0.6) is 0 Å². The molecule has 4 bridgehead atoms.